The fourth-order valence-electron chi connectivity index (χ4n) is 3.95. The van der Waals surface area contributed by atoms with Crippen LogP contribution in [0.25, 0.3) is 6.08 Å². The lowest BCUT2D eigenvalue weighted by atomic mass is 10.1. The maximum Gasteiger partial charge on any atom is 0.340 e. The summed E-state index contributed by atoms with van der Waals surface area (Å²) in [4.78, 5) is 51.7. The molecule has 2 heterocycles. The first-order valence-corrected chi connectivity index (χ1v) is 12.0. The first-order valence-electron chi connectivity index (χ1n) is 11.7. The fraction of sp³-hybridized carbons (Fsp3) is 0.143. The molecule has 3 aromatic rings. The van der Waals surface area contributed by atoms with Gasteiger partial charge < -0.3 is 24.5 Å². The van der Waals surface area contributed by atoms with Crippen molar-refractivity contribution >= 4 is 52.7 Å². The molecule has 1 aliphatic rings. The van der Waals surface area contributed by atoms with Crippen molar-refractivity contribution in [2.45, 2.75) is 13.5 Å². The highest BCUT2D eigenvalue weighted by Gasteiger charge is 2.38. The predicted octanol–water partition coefficient (Wildman–Crippen LogP) is 4.07. The maximum absolute atomic E-state index is 13.5. The number of allylic oxidation sites excluding steroid dienone is 1. The number of halogens is 1. The third-order valence-electron chi connectivity index (χ3n) is 5.81. The Bertz CT molecular complexity index is 1510. The number of para-hydroxylation sites is 1. The van der Waals surface area contributed by atoms with Crippen LogP contribution in [0.2, 0.25) is 5.02 Å². The van der Waals surface area contributed by atoms with E-state index < -0.39 is 23.7 Å². The van der Waals surface area contributed by atoms with Crippen LogP contribution in [-0.2, 0) is 30.5 Å². The second-order valence-corrected chi connectivity index (χ2v) is 8.68. The molecule has 4 rings (SSSR count). The van der Waals surface area contributed by atoms with Crippen LogP contribution in [0.4, 0.5) is 11.4 Å². The summed E-state index contributed by atoms with van der Waals surface area (Å²) in [6.45, 7) is 1.54. The molecule has 0 spiro atoms. The third-order valence-corrected chi connectivity index (χ3v) is 6.11. The Morgan fingerprint density at radius 3 is 2.44 bits per heavy atom. The van der Waals surface area contributed by atoms with Crippen molar-refractivity contribution in [2.75, 3.05) is 24.4 Å². The van der Waals surface area contributed by atoms with Gasteiger partial charge in [-0.05, 0) is 55.5 Å². The molecule has 39 heavy (non-hydrogen) atoms. The van der Waals surface area contributed by atoms with Crippen LogP contribution in [-0.4, -0.2) is 37.9 Å². The number of hydrogen-bond acceptors (Lipinski definition) is 7. The zero-order chi connectivity index (χ0) is 28.1. The zero-order valence-electron chi connectivity index (χ0n) is 21.2. The van der Waals surface area contributed by atoms with Gasteiger partial charge in [0.2, 0.25) is 0 Å². The number of furan rings is 1. The van der Waals surface area contributed by atoms with E-state index in [9.17, 15) is 19.2 Å². The number of ether oxygens (including phenoxy) is 2. The molecule has 0 bridgehead atoms. The number of rotatable bonds is 7. The van der Waals surface area contributed by atoms with Crippen LogP contribution in [0, 0.1) is 0 Å². The van der Waals surface area contributed by atoms with E-state index in [1.807, 2.05) is 0 Å². The van der Waals surface area contributed by atoms with E-state index in [2.05, 4.69) is 10.6 Å². The largest absolute Gasteiger partial charge is 0.495 e. The Labute approximate surface area is 228 Å². The van der Waals surface area contributed by atoms with E-state index in [1.54, 1.807) is 67.6 Å². The van der Waals surface area contributed by atoms with Crippen molar-refractivity contribution in [3.05, 3.63) is 94.1 Å². The van der Waals surface area contributed by atoms with Crippen LogP contribution in [0.5, 0.6) is 5.75 Å². The minimum Gasteiger partial charge on any atom is -0.495 e. The second kappa shape index (κ2) is 11.7. The summed E-state index contributed by atoms with van der Waals surface area (Å²) in [5, 5.41) is 5.26. The molecule has 10 nitrogen and oxygen atoms in total. The zero-order valence-corrected chi connectivity index (χ0v) is 22.0. The minimum absolute atomic E-state index is 0.0541. The van der Waals surface area contributed by atoms with Crippen LogP contribution in [0.15, 0.2) is 81.9 Å². The van der Waals surface area contributed by atoms with E-state index >= 15 is 0 Å². The van der Waals surface area contributed by atoms with Crippen LogP contribution >= 0.6 is 11.6 Å². The number of nitrogens with zero attached hydrogens (tertiary/aromatic N) is 1. The third kappa shape index (κ3) is 5.86. The molecule has 2 N–H and O–H groups in total. The van der Waals surface area contributed by atoms with Gasteiger partial charge in [-0.2, -0.15) is 0 Å². The Morgan fingerprint density at radius 1 is 1.03 bits per heavy atom. The molecular weight excluding hydrogens is 526 g/mol. The van der Waals surface area contributed by atoms with Gasteiger partial charge >= 0.3 is 17.8 Å². The Hall–Kier alpha value is -4.83. The number of carbonyl (C=O) groups is 4. The number of benzene rings is 2. The van der Waals surface area contributed by atoms with Crippen molar-refractivity contribution in [3.8, 4) is 5.75 Å². The summed E-state index contributed by atoms with van der Waals surface area (Å²) in [7, 11) is 2.70. The highest BCUT2D eigenvalue weighted by atomic mass is 35.5. The Kier molecular flexibility index (Phi) is 8.16. The van der Waals surface area contributed by atoms with Gasteiger partial charge in [-0.1, -0.05) is 29.8 Å². The van der Waals surface area contributed by atoms with Crippen LogP contribution in [0.1, 0.15) is 18.4 Å². The van der Waals surface area contributed by atoms with Gasteiger partial charge in [-0.3, -0.25) is 19.3 Å². The highest BCUT2D eigenvalue weighted by molar-refractivity contribution is 6.39. The van der Waals surface area contributed by atoms with Gasteiger partial charge in [0.25, 0.3) is 5.91 Å². The number of methoxy groups -OCH3 is 2. The Morgan fingerprint density at radius 2 is 1.77 bits per heavy atom. The summed E-state index contributed by atoms with van der Waals surface area (Å²) >= 11 is 6.26. The van der Waals surface area contributed by atoms with Gasteiger partial charge in [0.05, 0.1) is 42.6 Å². The molecule has 0 radical (unpaired) electrons. The number of nitrogens with one attached hydrogen (secondary N) is 2. The number of anilines is 2. The van der Waals surface area contributed by atoms with Gasteiger partial charge in [0.1, 0.15) is 17.3 Å². The lowest BCUT2D eigenvalue weighted by molar-refractivity contribution is -0.136. The fourth-order valence-corrected chi connectivity index (χ4v) is 4.20. The molecular formula is C28H24ClN3O7. The van der Waals surface area contributed by atoms with Gasteiger partial charge in [-0.25, -0.2) is 4.79 Å². The van der Waals surface area contributed by atoms with Crippen molar-refractivity contribution in [1.82, 2.24) is 5.32 Å². The maximum atomic E-state index is 13.5. The summed E-state index contributed by atoms with van der Waals surface area (Å²) in [5.74, 6) is -1.84. The summed E-state index contributed by atoms with van der Waals surface area (Å²) in [6.07, 6.45) is 1.41. The van der Waals surface area contributed by atoms with Crippen molar-refractivity contribution < 1.29 is 33.1 Å². The molecule has 2 aromatic carbocycles. The van der Waals surface area contributed by atoms with Gasteiger partial charge in [0.15, 0.2) is 0 Å². The van der Waals surface area contributed by atoms with Crippen LogP contribution in [0.3, 0.4) is 0 Å². The molecule has 0 saturated heterocycles. The lowest BCUT2D eigenvalue weighted by Crippen LogP contribution is -2.34. The quantitative estimate of drug-likeness (QED) is 0.258. The van der Waals surface area contributed by atoms with E-state index in [0.717, 1.165) is 0 Å². The topological polar surface area (TPSA) is 127 Å². The van der Waals surface area contributed by atoms with Crippen molar-refractivity contribution in [2.24, 2.45) is 0 Å². The summed E-state index contributed by atoms with van der Waals surface area (Å²) < 4.78 is 15.8. The number of esters is 1. The normalized spacial score (nSPS) is 14.0. The van der Waals surface area contributed by atoms with E-state index in [1.165, 1.54) is 25.2 Å². The summed E-state index contributed by atoms with van der Waals surface area (Å²) in [5.41, 5.74) is 1.39. The first kappa shape index (κ1) is 27.2. The molecule has 200 valence electrons. The molecule has 3 amide bonds. The monoisotopic (exact) mass is 549 g/mol. The number of carbonyl (C=O) groups excluding carboxylic acids is 4. The smallest absolute Gasteiger partial charge is 0.340 e. The first-order chi connectivity index (χ1) is 18.7. The minimum atomic E-state index is -0.846. The molecule has 0 unspecified atom stereocenters. The molecule has 11 heteroatoms. The van der Waals surface area contributed by atoms with Crippen molar-refractivity contribution in [1.29, 1.82) is 0 Å². The van der Waals surface area contributed by atoms with E-state index in [4.69, 9.17) is 25.5 Å². The molecule has 0 aliphatic carbocycles. The molecule has 0 saturated carbocycles. The SMILES string of the molecule is COC(=O)C1=C(C)N(c2ccc(OC)c(Cl)c2)C(=O)/C1=C/c1ccc(CNC(=O)C(=O)Nc2ccccc2)o1. The summed E-state index contributed by atoms with van der Waals surface area (Å²) in [6, 6.07) is 16.5. The molecule has 1 aliphatic heterocycles. The second-order valence-electron chi connectivity index (χ2n) is 8.28. The molecule has 0 fully saturated rings. The average Bonchev–Trinajstić information content (AvgIpc) is 3.48. The number of amides is 3. The van der Waals surface area contributed by atoms with E-state index in [0.29, 0.717) is 33.6 Å². The van der Waals surface area contributed by atoms with E-state index in [-0.39, 0.29) is 23.5 Å². The number of hydrogen-bond donors (Lipinski definition) is 2. The van der Waals surface area contributed by atoms with Crippen LogP contribution < -0.4 is 20.3 Å². The van der Waals surface area contributed by atoms with Gasteiger partial charge in [0, 0.05) is 11.4 Å². The Balaban J connectivity index is 1.52. The standard InChI is InChI=1S/C28H24ClN3O7/c1-16-24(28(36)38-3)21(27(35)32(16)18-9-12-23(37-2)22(29)13-18)14-19-10-11-20(39-19)15-30-25(33)26(34)31-17-7-5-4-6-8-17/h4-14H,15H2,1-3H3,(H,30,33)(H,31,34)/b21-14+. The molecule has 1 aromatic heterocycles. The molecule has 0 atom stereocenters. The lowest BCUT2D eigenvalue weighted by Gasteiger charge is -2.18. The van der Waals surface area contributed by atoms with Crippen molar-refractivity contribution in [3.63, 3.8) is 0 Å². The van der Waals surface area contributed by atoms with Gasteiger partial charge in [-0.15, -0.1) is 0 Å². The average molecular weight is 550 g/mol. The highest BCUT2D eigenvalue weighted by Crippen LogP contribution is 2.38. The predicted molar refractivity (Wildman–Crippen MR) is 144 cm³/mol.